The quantitative estimate of drug-likeness (QED) is 0.670. The number of rotatable bonds is 1. The van der Waals surface area contributed by atoms with Gasteiger partial charge in [0.05, 0.1) is 5.52 Å². The molecule has 1 heterocycles. The van der Waals surface area contributed by atoms with E-state index in [1.165, 1.54) is 18.2 Å². The van der Waals surface area contributed by atoms with Crippen molar-refractivity contribution in [2.24, 2.45) is 0 Å². The largest absolute Gasteiger partial charge is 0.768 e. The molecule has 0 saturated carbocycles. The van der Waals surface area contributed by atoms with E-state index in [1.807, 2.05) is 0 Å². The topological polar surface area (TPSA) is 86.1 Å². The van der Waals surface area contributed by atoms with Crippen LogP contribution < -0.4 is 5.76 Å². The first-order valence-electron chi connectivity index (χ1n) is 3.39. The first-order valence-corrected chi connectivity index (χ1v) is 4.46. The van der Waals surface area contributed by atoms with Crippen molar-refractivity contribution >= 4 is 22.2 Å². The molecule has 0 aliphatic carbocycles. The van der Waals surface area contributed by atoms with Crippen LogP contribution in [0, 0.1) is 0 Å². The molecule has 1 aromatic heterocycles. The smallest absolute Gasteiger partial charge is 0.417 e. The lowest BCUT2D eigenvalue weighted by atomic mass is 10.3. The predicted molar refractivity (Wildman–Crippen MR) is 44.0 cm³/mol. The van der Waals surface area contributed by atoms with Crippen molar-refractivity contribution in [3.05, 3.63) is 28.7 Å². The van der Waals surface area contributed by atoms with Crippen LogP contribution >= 0.6 is 0 Å². The summed E-state index contributed by atoms with van der Waals surface area (Å²) in [6.07, 6.45) is 0. The summed E-state index contributed by atoms with van der Waals surface area (Å²) in [6.45, 7) is 0. The molecule has 0 bridgehead atoms. The number of aromatic nitrogens is 1. The summed E-state index contributed by atoms with van der Waals surface area (Å²) in [5.74, 6) is -0.594. The molecule has 13 heavy (non-hydrogen) atoms. The standard InChI is InChI=1S/C7H5NO4S/c9-7-8-5-2-1-4(13(10)11)3-6(5)12-7/h1-3H,(H,8,9)(H,10,11)/p-1. The highest BCUT2D eigenvalue weighted by Crippen LogP contribution is 2.13. The summed E-state index contributed by atoms with van der Waals surface area (Å²) >= 11 is -2.30. The van der Waals surface area contributed by atoms with Crippen LogP contribution in [0.25, 0.3) is 11.1 Å². The average Bonchev–Trinajstić information content (AvgIpc) is 2.42. The monoisotopic (exact) mass is 198 g/mol. The van der Waals surface area contributed by atoms with E-state index >= 15 is 0 Å². The van der Waals surface area contributed by atoms with Crippen molar-refractivity contribution in [2.75, 3.05) is 0 Å². The van der Waals surface area contributed by atoms with E-state index in [0.717, 1.165) is 0 Å². The molecule has 0 saturated heterocycles. The maximum absolute atomic E-state index is 10.7. The number of H-pyrrole nitrogens is 1. The van der Waals surface area contributed by atoms with Gasteiger partial charge in [0.25, 0.3) is 0 Å². The molecule has 0 radical (unpaired) electrons. The van der Waals surface area contributed by atoms with Crippen LogP contribution in [0.3, 0.4) is 0 Å². The summed E-state index contributed by atoms with van der Waals surface area (Å²) in [4.78, 5) is 13.2. The highest BCUT2D eigenvalue weighted by Gasteiger charge is 2.01. The summed E-state index contributed by atoms with van der Waals surface area (Å²) < 4.78 is 25.7. The zero-order valence-corrected chi connectivity index (χ0v) is 7.09. The fourth-order valence-electron chi connectivity index (χ4n) is 1.03. The molecule has 0 spiro atoms. The summed E-state index contributed by atoms with van der Waals surface area (Å²) in [7, 11) is 0. The van der Waals surface area contributed by atoms with Crippen LogP contribution in [0.4, 0.5) is 0 Å². The van der Waals surface area contributed by atoms with Crippen LogP contribution in [-0.2, 0) is 11.1 Å². The second-order valence-corrected chi connectivity index (χ2v) is 3.35. The normalized spacial score (nSPS) is 13.3. The number of hydrogen-bond donors (Lipinski definition) is 1. The fraction of sp³-hybridized carbons (Fsp3) is 0. The molecule has 6 heteroatoms. The van der Waals surface area contributed by atoms with Gasteiger partial charge < -0.3 is 8.97 Å². The SMILES string of the molecule is O=c1[nH]c2ccc(S(=O)[O-])cc2o1. The average molecular weight is 198 g/mol. The third kappa shape index (κ3) is 1.41. The van der Waals surface area contributed by atoms with Crippen molar-refractivity contribution in [3.8, 4) is 0 Å². The van der Waals surface area contributed by atoms with E-state index < -0.39 is 16.8 Å². The van der Waals surface area contributed by atoms with Crippen LogP contribution in [0.5, 0.6) is 0 Å². The Bertz CT molecular complexity index is 527. The van der Waals surface area contributed by atoms with Crippen molar-refractivity contribution in [1.82, 2.24) is 4.98 Å². The van der Waals surface area contributed by atoms with Gasteiger partial charge in [-0.05, 0) is 29.3 Å². The van der Waals surface area contributed by atoms with E-state index in [-0.39, 0.29) is 10.5 Å². The third-order valence-corrected chi connectivity index (χ3v) is 2.22. The van der Waals surface area contributed by atoms with Crippen molar-refractivity contribution in [2.45, 2.75) is 4.90 Å². The molecular weight excluding hydrogens is 194 g/mol. The maximum Gasteiger partial charge on any atom is 0.417 e. The minimum absolute atomic E-state index is 0.0928. The van der Waals surface area contributed by atoms with Gasteiger partial charge in [0.1, 0.15) is 0 Å². The van der Waals surface area contributed by atoms with E-state index in [4.69, 9.17) is 0 Å². The Labute approximate surface area is 74.7 Å². The number of oxazole rings is 1. The summed E-state index contributed by atoms with van der Waals surface area (Å²) in [6, 6.07) is 4.15. The Kier molecular flexibility index (Phi) is 1.78. The zero-order chi connectivity index (χ0) is 9.42. The number of aromatic amines is 1. The van der Waals surface area contributed by atoms with Gasteiger partial charge in [-0.1, -0.05) is 0 Å². The lowest BCUT2D eigenvalue weighted by Gasteiger charge is -2.02. The second kappa shape index (κ2) is 2.82. The Hall–Kier alpha value is -1.40. The number of hydrogen-bond acceptors (Lipinski definition) is 4. The molecular formula is C7H4NO4S-. The van der Waals surface area contributed by atoms with Crippen molar-refractivity contribution in [3.63, 3.8) is 0 Å². The molecule has 5 nitrogen and oxygen atoms in total. The zero-order valence-electron chi connectivity index (χ0n) is 6.27. The molecule has 2 aromatic rings. The van der Waals surface area contributed by atoms with Crippen LogP contribution in [0.15, 0.2) is 32.3 Å². The van der Waals surface area contributed by atoms with Crippen LogP contribution in [0.2, 0.25) is 0 Å². The Morgan fingerprint density at radius 2 is 2.23 bits per heavy atom. The van der Waals surface area contributed by atoms with E-state index in [9.17, 15) is 13.6 Å². The highest BCUT2D eigenvalue weighted by molar-refractivity contribution is 7.79. The Morgan fingerprint density at radius 3 is 2.92 bits per heavy atom. The minimum Gasteiger partial charge on any atom is -0.768 e. The molecule has 1 N–H and O–H groups in total. The Balaban J connectivity index is 2.74. The van der Waals surface area contributed by atoms with E-state index in [2.05, 4.69) is 9.40 Å². The molecule has 0 amide bonds. The van der Waals surface area contributed by atoms with Gasteiger partial charge >= 0.3 is 5.76 Å². The highest BCUT2D eigenvalue weighted by atomic mass is 32.2. The fourth-order valence-corrected chi connectivity index (χ4v) is 1.41. The Morgan fingerprint density at radius 1 is 1.46 bits per heavy atom. The van der Waals surface area contributed by atoms with Gasteiger partial charge in [0.15, 0.2) is 5.58 Å². The lowest BCUT2D eigenvalue weighted by molar-refractivity contribution is 0.535. The number of fused-ring (bicyclic) bond motifs is 1. The summed E-state index contributed by atoms with van der Waals surface area (Å²) in [5, 5.41) is 0. The molecule has 68 valence electrons. The first kappa shape index (κ1) is 8.21. The van der Waals surface area contributed by atoms with Gasteiger partial charge in [-0.3, -0.25) is 9.19 Å². The van der Waals surface area contributed by atoms with Crippen molar-refractivity contribution < 1.29 is 13.2 Å². The van der Waals surface area contributed by atoms with Gasteiger partial charge in [-0.25, -0.2) is 4.79 Å². The molecule has 0 fully saturated rings. The third-order valence-electron chi connectivity index (χ3n) is 1.58. The first-order chi connectivity index (χ1) is 6.16. The van der Waals surface area contributed by atoms with Crippen LogP contribution in [-0.4, -0.2) is 13.7 Å². The predicted octanol–water partition coefficient (Wildman–Crippen LogP) is 0.359. The van der Waals surface area contributed by atoms with Gasteiger partial charge in [0, 0.05) is 4.90 Å². The molecule has 1 atom stereocenters. The molecule has 0 aliphatic heterocycles. The minimum atomic E-state index is -2.30. The molecule has 0 aliphatic rings. The maximum atomic E-state index is 10.7. The molecule has 1 aromatic carbocycles. The van der Waals surface area contributed by atoms with Gasteiger partial charge in [-0.2, -0.15) is 0 Å². The van der Waals surface area contributed by atoms with Crippen molar-refractivity contribution in [1.29, 1.82) is 0 Å². The number of benzene rings is 1. The van der Waals surface area contributed by atoms with Gasteiger partial charge in [0.2, 0.25) is 0 Å². The second-order valence-electron chi connectivity index (χ2n) is 2.41. The number of nitrogens with one attached hydrogen (secondary N) is 1. The molecule has 1 unspecified atom stereocenters. The van der Waals surface area contributed by atoms with E-state index in [0.29, 0.717) is 5.52 Å². The molecule has 2 rings (SSSR count). The van der Waals surface area contributed by atoms with Crippen LogP contribution in [0.1, 0.15) is 0 Å². The summed E-state index contributed by atoms with van der Waals surface area (Å²) in [5.41, 5.74) is 0.728. The van der Waals surface area contributed by atoms with E-state index in [1.54, 1.807) is 0 Å². The van der Waals surface area contributed by atoms with Gasteiger partial charge in [-0.15, -0.1) is 0 Å². The lowest BCUT2D eigenvalue weighted by Crippen LogP contribution is -1.92.